The molecule has 1 amide bonds. The molecule has 0 unspecified atom stereocenters. The van der Waals surface area contributed by atoms with Crippen LogP contribution in [0.15, 0.2) is 30.5 Å². The van der Waals surface area contributed by atoms with Gasteiger partial charge in [0.15, 0.2) is 0 Å². The van der Waals surface area contributed by atoms with E-state index in [2.05, 4.69) is 51.9 Å². The molecule has 7 heteroatoms. The molecule has 4 rings (SSSR count). The summed E-state index contributed by atoms with van der Waals surface area (Å²) in [7, 11) is 0. The number of nitrogens with zero attached hydrogens (tertiary/aromatic N) is 5. The summed E-state index contributed by atoms with van der Waals surface area (Å²) >= 11 is 0. The Bertz CT molecular complexity index is 1030. The fourth-order valence-electron chi connectivity index (χ4n) is 4.50. The molecule has 7 nitrogen and oxygen atoms in total. The van der Waals surface area contributed by atoms with Gasteiger partial charge in [-0.25, -0.2) is 4.98 Å². The number of rotatable bonds is 6. The van der Waals surface area contributed by atoms with E-state index in [0.717, 1.165) is 55.2 Å². The average Bonchev–Trinajstić information content (AvgIpc) is 3.28. The van der Waals surface area contributed by atoms with Gasteiger partial charge in [0.25, 0.3) is 0 Å². The first kappa shape index (κ1) is 20.6. The van der Waals surface area contributed by atoms with E-state index in [1.54, 1.807) is 0 Å². The van der Waals surface area contributed by atoms with E-state index in [1.165, 1.54) is 5.52 Å². The molecule has 1 aromatic carbocycles. The van der Waals surface area contributed by atoms with Gasteiger partial charge < -0.3 is 9.88 Å². The predicted octanol–water partition coefficient (Wildman–Crippen LogP) is 3.96. The van der Waals surface area contributed by atoms with E-state index in [9.17, 15) is 4.79 Å². The van der Waals surface area contributed by atoms with Gasteiger partial charge in [-0.05, 0) is 59.2 Å². The molecule has 30 heavy (non-hydrogen) atoms. The van der Waals surface area contributed by atoms with Crippen LogP contribution in [-0.4, -0.2) is 49.8 Å². The van der Waals surface area contributed by atoms with Crippen LogP contribution >= 0.6 is 0 Å². The number of aromatic nitrogens is 4. The maximum Gasteiger partial charge on any atom is 0.238 e. The molecule has 1 aliphatic heterocycles. The van der Waals surface area contributed by atoms with Gasteiger partial charge in [-0.2, -0.15) is 5.10 Å². The molecule has 3 aromatic rings. The summed E-state index contributed by atoms with van der Waals surface area (Å²) in [6, 6.07) is 8.71. The lowest BCUT2D eigenvalue weighted by atomic mass is 9.97. The molecule has 1 aliphatic rings. The number of imidazole rings is 1. The highest BCUT2D eigenvalue weighted by Crippen LogP contribution is 2.31. The largest absolute Gasteiger partial charge is 0.325 e. The fraction of sp³-hybridized carbons (Fsp3) is 0.522. The Morgan fingerprint density at radius 1 is 1.30 bits per heavy atom. The van der Waals surface area contributed by atoms with Crippen LogP contribution in [0.2, 0.25) is 0 Å². The minimum atomic E-state index is 0.0202. The summed E-state index contributed by atoms with van der Waals surface area (Å²) in [5.41, 5.74) is 3.91. The second-order valence-corrected chi connectivity index (χ2v) is 8.53. The van der Waals surface area contributed by atoms with Gasteiger partial charge in [0, 0.05) is 31.2 Å². The zero-order chi connectivity index (χ0) is 21.3. The first-order valence-electron chi connectivity index (χ1n) is 11.0. The maximum atomic E-state index is 12.7. The molecule has 0 saturated carbocycles. The number of hydrogen-bond donors (Lipinski definition) is 1. The smallest absolute Gasteiger partial charge is 0.238 e. The van der Waals surface area contributed by atoms with E-state index in [-0.39, 0.29) is 5.91 Å². The van der Waals surface area contributed by atoms with Gasteiger partial charge in [0.2, 0.25) is 5.91 Å². The molecule has 160 valence electrons. The minimum absolute atomic E-state index is 0.0202. The maximum absolute atomic E-state index is 12.7. The molecule has 3 heterocycles. The quantitative estimate of drug-likeness (QED) is 0.670. The number of nitrogens with one attached hydrogen (secondary N) is 1. The molecule has 1 fully saturated rings. The van der Waals surface area contributed by atoms with E-state index in [0.29, 0.717) is 18.5 Å². The molecule has 2 aromatic heterocycles. The number of piperidine rings is 1. The van der Waals surface area contributed by atoms with Crippen LogP contribution in [0.3, 0.4) is 0 Å². The van der Waals surface area contributed by atoms with Crippen molar-refractivity contribution in [3.05, 3.63) is 42.0 Å². The number of aryl methyl sites for hydroxylation is 2. The summed E-state index contributed by atoms with van der Waals surface area (Å²) in [5.74, 6) is 1.51. The van der Waals surface area contributed by atoms with Crippen LogP contribution in [0.25, 0.3) is 11.0 Å². The molecule has 1 N–H and O–H groups in total. The van der Waals surface area contributed by atoms with Crippen molar-refractivity contribution < 1.29 is 4.79 Å². The fourth-order valence-corrected chi connectivity index (χ4v) is 4.50. The SMILES string of the molecule is CCn1cc(NC(=O)CN2CCC[C@@H](c3nc4ccccc4n3C(C)C)C2)c(C)n1. The number of carbonyl (C=O) groups excluding carboxylic acids is 1. The first-order chi connectivity index (χ1) is 14.5. The van der Waals surface area contributed by atoms with Gasteiger partial charge in [0.05, 0.1) is 29.0 Å². The summed E-state index contributed by atoms with van der Waals surface area (Å²) in [6.07, 6.45) is 4.08. The van der Waals surface area contributed by atoms with Gasteiger partial charge in [-0.3, -0.25) is 14.4 Å². The third-order valence-corrected chi connectivity index (χ3v) is 5.92. The zero-order valence-corrected chi connectivity index (χ0v) is 18.4. The Morgan fingerprint density at radius 3 is 2.83 bits per heavy atom. The standard InChI is InChI=1S/C23H32N6O/c1-5-28-14-20(17(4)26-28)24-22(30)15-27-12-8-9-18(13-27)23-25-19-10-6-7-11-21(19)29(23)16(2)3/h6-7,10-11,14,16,18H,5,8-9,12-13,15H2,1-4H3,(H,24,30)/t18-/m1/s1. The molecule has 1 saturated heterocycles. The van der Waals surface area contributed by atoms with Crippen molar-refractivity contribution in [2.75, 3.05) is 25.0 Å². The van der Waals surface area contributed by atoms with Gasteiger partial charge in [-0.1, -0.05) is 12.1 Å². The predicted molar refractivity (Wildman–Crippen MR) is 120 cm³/mol. The Hall–Kier alpha value is -2.67. The molecule has 0 bridgehead atoms. The van der Waals surface area contributed by atoms with Crippen LogP contribution in [0.4, 0.5) is 5.69 Å². The van der Waals surface area contributed by atoms with Crippen molar-refractivity contribution in [2.24, 2.45) is 0 Å². The highest BCUT2D eigenvalue weighted by Gasteiger charge is 2.28. The van der Waals surface area contributed by atoms with Crippen LogP contribution in [-0.2, 0) is 11.3 Å². The van der Waals surface area contributed by atoms with Crippen LogP contribution < -0.4 is 5.32 Å². The number of likely N-dealkylation sites (tertiary alicyclic amines) is 1. The molecule has 0 aliphatic carbocycles. The molecular formula is C23H32N6O. The van der Waals surface area contributed by atoms with Crippen molar-refractivity contribution in [1.82, 2.24) is 24.2 Å². The van der Waals surface area contributed by atoms with Crippen LogP contribution in [0.5, 0.6) is 0 Å². The number of amides is 1. The highest BCUT2D eigenvalue weighted by atomic mass is 16.2. The molecule has 1 atom stereocenters. The number of para-hydroxylation sites is 2. The third-order valence-electron chi connectivity index (χ3n) is 5.92. The number of fused-ring (bicyclic) bond motifs is 1. The normalized spacial score (nSPS) is 17.7. The summed E-state index contributed by atoms with van der Waals surface area (Å²) < 4.78 is 4.21. The monoisotopic (exact) mass is 408 g/mol. The van der Waals surface area contributed by atoms with Gasteiger partial charge in [-0.15, -0.1) is 0 Å². The Morgan fingerprint density at radius 2 is 2.10 bits per heavy atom. The minimum Gasteiger partial charge on any atom is -0.325 e. The van der Waals surface area contributed by atoms with E-state index in [1.807, 2.05) is 30.8 Å². The lowest BCUT2D eigenvalue weighted by Crippen LogP contribution is -2.40. The molecular weight excluding hydrogens is 376 g/mol. The van der Waals surface area contributed by atoms with Crippen molar-refractivity contribution in [3.8, 4) is 0 Å². The molecule has 0 radical (unpaired) electrons. The summed E-state index contributed by atoms with van der Waals surface area (Å²) in [5, 5.41) is 7.44. The third kappa shape index (κ3) is 4.12. The van der Waals surface area contributed by atoms with E-state index in [4.69, 9.17) is 4.98 Å². The Labute approximate surface area is 178 Å². The van der Waals surface area contributed by atoms with Gasteiger partial charge >= 0.3 is 0 Å². The Balaban J connectivity index is 1.47. The van der Waals surface area contributed by atoms with Crippen LogP contribution in [0, 0.1) is 6.92 Å². The number of hydrogen-bond acceptors (Lipinski definition) is 4. The highest BCUT2D eigenvalue weighted by molar-refractivity contribution is 5.92. The second kappa shape index (κ2) is 8.60. The van der Waals surface area contributed by atoms with Gasteiger partial charge in [0.1, 0.15) is 5.82 Å². The summed E-state index contributed by atoms with van der Waals surface area (Å²) in [6.45, 7) is 11.4. The van der Waals surface area contributed by atoms with Crippen molar-refractivity contribution in [3.63, 3.8) is 0 Å². The van der Waals surface area contributed by atoms with Crippen molar-refractivity contribution >= 4 is 22.6 Å². The van der Waals surface area contributed by atoms with E-state index < -0.39 is 0 Å². The lowest BCUT2D eigenvalue weighted by Gasteiger charge is -2.32. The topological polar surface area (TPSA) is 68.0 Å². The van der Waals surface area contributed by atoms with Crippen molar-refractivity contribution in [2.45, 2.75) is 59.0 Å². The lowest BCUT2D eigenvalue weighted by molar-refractivity contribution is -0.117. The molecule has 0 spiro atoms. The summed E-state index contributed by atoms with van der Waals surface area (Å²) in [4.78, 5) is 19.9. The van der Waals surface area contributed by atoms with Crippen molar-refractivity contribution in [1.29, 1.82) is 0 Å². The second-order valence-electron chi connectivity index (χ2n) is 8.53. The first-order valence-corrected chi connectivity index (χ1v) is 11.0. The van der Waals surface area contributed by atoms with Crippen LogP contribution in [0.1, 0.15) is 57.1 Å². The zero-order valence-electron chi connectivity index (χ0n) is 18.4. The number of carbonyl (C=O) groups is 1. The van der Waals surface area contributed by atoms with E-state index >= 15 is 0 Å². The number of anilines is 1. The average molecular weight is 409 g/mol. The Kier molecular flexibility index (Phi) is 5.90. The number of benzene rings is 1.